The van der Waals surface area contributed by atoms with Crippen LogP contribution in [0.3, 0.4) is 0 Å². The number of anilines is 1. The van der Waals surface area contributed by atoms with Crippen molar-refractivity contribution in [3.63, 3.8) is 0 Å². The molecule has 0 amide bonds. The second-order valence-electron chi connectivity index (χ2n) is 5.52. The molecule has 2 N–H and O–H groups in total. The number of rotatable bonds is 4. The number of piperazine rings is 1. The molecule has 1 fully saturated rings. The van der Waals surface area contributed by atoms with E-state index in [9.17, 15) is 0 Å². The van der Waals surface area contributed by atoms with Crippen molar-refractivity contribution in [2.75, 3.05) is 31.1 Å². The van der Waals surface area contributed by atoms with Gasteiger partial charge in [-0.1, -0.05) is 36.5 Å². The normalized spacial score (nSPS) is 15.7. The fourth-order valence-electron chi connectivity index (χ4n) is 2.76. The quantitative estimate of drug-likeness (QED) is 0.875. The van der Waals surface area contributed by atoms with Gasteiger partial charge in [-0.05, 0) is 23.8 Å². The SMILES string of the molecule is NC(=S)c1cccc(CN2CCN(c3ccccn3)CC2)c1. The van der Waals surface area contributed by atoms with E-state index in [0.29, 0.717) is 4.99 Å². The summed E-state index contributed by atoms with van der Waals surface area (Å²) < 4.78 is 0. The van der Waals surface area contributed by atoms with Gasteiger partial charge >= 0.3 is 0 Å². The zero-order chi connectivity index (χ0) is 15.4. The Morgan fingerprint density at radius 1 is 1.09 bits per heavy atom. The van der Waals surface area contributed by atoms with E-state index in [2.05, 4.69) is 33.0 Å². The van der Waals surface area contributed by atoms with Gasteiger partial charge in [-0.2, -0.15) is 0 Å². The van der Waals surface area contributed by atoms with Gasteiger partial charge in [0.05, 0.1) is 0 Å². The van der Waals surface area contributed by atoms with Gasteiger partial charge < -0.3 is 10.6 Å². The molecular weight excluding hydrogens is 292 g/mol. The fourth-order valence-corrected chi connectivity index (χ4v) is 2.88. The highest BCUT2D eigenvalue weighted by Gasteiger charge is 2.17. The van der Waals surface area contributed by atoms with Gasteiger partial charge in [0.15, 0.2) is 0 Å². The maximum absolute atomic E-state index is 5.70. The Hall–Kier alpha value is -1.98. The summed E-state index contributed by atoms with van der Waals surface area (Å²) in [6.45, 7) is 5.02. The van der Waals surface area contributed by atoms with Crippen molar-refractivity contribution in [2.45, 2.75) is 6.54 Å². The fraction of sp³-hybridized carbons (Fsp3) is 0.294. The molecule has 0 radical (unpaired) electrons. The van der Waals surface area contributed by atoms with Crippen molar-refractivity contribution in [3.8, 4) is 0 Å². The molecule has 0 aliphatic carbocycles. The van der Waals surface area contributed by atoms with Crippen LogP contribution in [0.15, 0.2) is 48.7 Å². The lowest BCUT2D eigenvalue weighted by Crippen LogP contribution is -2.46. The number of nitrogens with zero attached hydrogens (tertiary/aromatic N) is 3. The van der Waals surface area contributed by atoms with Crippen LogP contribution < -0.4 is 10.6 Å². The average molecular weight is 312 g/mol. The lowest BCUT2D eigenvalue weighted by molar-refractivity contribution is 0.249. The molecule has 2 heterocycles. The summed E-state index contributed by atoms with van der Waals surface area (Å²) in [5, 5.41) is 0. The molecule has 114 valence electrons. The van der Waals surface area contributed by atoms with Crippen LogP contribution in [0.4, 0.5) is 5.82 Å². The Kier molecular flexibility index (Phi) is 4.65. The van der Waals surface area contributed by atoms with E-state index in [-0.39, 0.29) is 0 Å². The predicted molar refractivity (Wildman–Crippen MR) is 94.1 cm³/mol. The smallest absolute Gasteiger partial charge is 0.128 e. The van der Waals surface area contributed by atoms with Crippen LogP contribution in [0.2, 0.25) is 0 Å². The van der Waals surface area contributed by atoms with Gasteiger partial charge in [-0.15, -0.1) is 0 Å². The number of pyridine rings is 1. The maximum atomic E-state index is 5.70. The number of hydrogen-bond acceptors (Lipinski definition) is 4. The van der Waals surface area contributed by atoms with E-state index in [4.69, 9.17) is 18.0 Å². The number of hydrogen-bond donors (Lipinski definition) is 1. The first kappa shape index (κ1) is 14.9. The molecule has 1 aliphatic heterocycles. The molecule has 0 bridgehead atoms. The Labute approximate surface area is 136 Å². The minimum Gasteiger partial charge on any atom is -0.389 e. The summed E-state index contributed by atoms with van der Waals surface area (Å²) in [6.07, 6.45) is 1.85. The van der Waals surface area contributed by atoms with Crippen LogP contribution in [0.5, 0.6) is 0 Å². The zero-order valence-corrected chi connectivity index (χ0v) is 13.3. The molecular formula is C17H20N4S. The third kappa shape index (κ3) is 3.61. The van der Waals surface area contributed by atoms with Crippen molar-refractivity contribution in [2.24, 2.45) is 5.73 Å². The largest absolute Gasteiger partial charge is 0.389 e. The molecule has 0 saturated carbocycles. The maximum Gasteiger partial charge on any atom is 0.128 e. The second-order valence-corrected chi connectivity index (χ2v) is 5.96. The molecule has 2 aromatic rings. The summed E-state index contributed by atoms with van der Waals surface area (Å²) in [7, 11) is 0. The van der Waals surface area contributed by atoms with Gasteiger partial charge in [0.2, 0.25) is 0 Å². The van der Waals surface area contributed by atoms with Crippen LogP contribution in [0.1, 0.15) is 11.1 Å². The summed E-state index contributed by atoms with van der Waals surface area (Å²) in [6, 6.07) is 14.3. The average Bonchev–Trinajstić information content (AvgIpc) is 2.56. The third-order valence-corrected chi connectivity index (χ3v) is 4.20. The van der Waals surface area contributed by atoms with E-state index >= 15 is 0 Å². The highest BCUT2D eigenvalue weighted by atomic mass is 32.1. The molecule has 1 saturated heterocycles. The summed E-state index contributed by atoms with van der Waals surface area (Å²) >= 11 is 5.05. The van der Waals surface area contributed by atoms with Crippen LogP contribution in [-0.2, 0) is 6.54 Å². The van der Waals surface area contributed by atoms with Gasteiger partial charge in [0.1, 0.15) is 10.8 Å². The van der Waals surface area contributed by atoms with Gasteiger partial charge in [0.25, 0.3) is 0 Å². The van der Waals surface area contributed by atoms with Crippen molar-refractivity contribution in [3.05, 3.63) is 59.8 Å². The Morgan fingerprint density at radius 2 is 1.91 bits per heavy atom. The zero-order valence-electron chi connectivity index (χ0n) is 12.5. The summed E-state index contributed by atoms with van der Waals surface area (Å²) in [4.78, 5) is 9.67. The predicted octanol–water partition coefficient (Wildman–Crippen LogP) is 2.04. The number of thiocarbonyl (C=S) groups is 1. The number of nitrogens with two attached hydrogens (primary N) is 1. The van der Waals surface area contributed by atoms with Gasteiger partial charge in [0, 0.05) is 44.5 Å². The first-order valence-corrected chi connectivity index (χ1v) is 7.90. The van der Waals surface area contributed by atoms with Crippen molar-refractivity contribution in [1.29, 1.82) is 0 Å². The summed E-state index contributed by atoms with van der Waals surface area (Å²) in [5.74, 6) is 1.07. The molecule has 0 spiro atoms. The molecule has 5 heteroatoms. The van der Waals surface area contributed by atoms with Crippen molar-refractivity contribution in [1.82, 2.24) is 9.88 Å². The lowest BCUT2D eigenvalue weighted by Gasteiger charge is -2.35. The van der Waals surface area contributed by atoms with E-state index in [1.807, 2.05) is 30.5 Å². The lowest BCUT2D eigenvalue weighted by atomic mass is 10.1. The van der Waals surface area contributed by atoms with E-state index < -0.39 is 0 Å². The first-order chi connectivity index (χ1) is 10.7. The molecule has 0 unspecified atom stereocenters. The van der Waals surface area contributed by atoms with E-state index in [1.54, 1.807) is 0 Å². The highest BCUT2D eigenvalue weighted by molar-refractivity contribution is 7.80. The Balaban J connectivity index is 1.58. The number of aromatic nitrogens is 1. The van der Waals surface area contributed by atoms with Crippen LogP contribution in [0.25, 0.3) is 0 Å². The standard InChI is InChI=1S/C17H20N4S/c18-17(22)15-5-3-4-14(12-15)13-20-8-10-21(11-9-20)16-6-1-2-7-19-16/h1-7,12H,8-11,13H2,(H2,18,22). The van der Waals surface area contributed by atoms with Gasteiger partial charge in [-0.3, -0.25) is 4.90 Å². The van der Waals surface area contributed by atoms with Crippen LogP contribution >= 0.6 is 12.2 Å². The van der Waals surface area contributed by atoms with Crippen molar-refractivity contribution >= 4 is 23.0 Å². The molecule has 22 heavy (non-hydrogen) atoms. The number of benzene rings is 1. The topological polar surface area (TPSA) is 45.4 Å². The molecule has 1 aromatic heterocycles. The van der Waals surface area contributed by atoms with Crippen LogP contribution in [0, 0.1) is 0 Å². The monoisotopic (exact) mass is 312 g/mol. The van der Waals surface area contributed by atoms with Crippen molar-refractivity contribution < 1.29 is 0 Å². The second kappa shape index (κ2) is 6.85. The molecule has 1 aliphatic rings. The Bertz CT molecular complexity index is 636. The summed E-state index contributed by atoms with van der Waals surface area (Å²) in [5.41, 5.74) is 7.91. The van der Waals surface area contributed by atoms with Gasteiger partial charge in [-0.25, -0.2) is 4.98 Å². The third-order valence-electron chi connectivity index (χ3n) is 3.96. The highest BCUT2D eigenvalue weighted by Crippen LogP contribution is 2.15. The molecule has 3 rings (SSSR count). The Morgan fingerprint density at radius 3 is 2.59 bits per heavy atom. The van der Waals surface area contributed by atoms with E-state index in [0.717, 1.165) is 44.1 Å². The minimum atomic E-state index is 0.460. The first-order valence-electron chi connectivity index (χ1n) is 7.49. The van der Waals surface area contributed by atoms with E-state index in [1.165, 1.54) is 5.56 Å². The minimum absolute atomic E-state index is 0.460. The molecule has 4 nitrogen and oxygen atoms in total. The van der Waals surface area contributed by atoms with Crippen LogP contribution in [-0.4, -0.2) is 41.1 Å². The molecule has 0 atom stereocenters. The molecule has 1 aromatic carbocycles.